The maximum Gasteiger partial charge on any atom is 0.256 e. The maximum atomic E-state index is 12.4. The number of pyridine rings is 1. The van der Waals surface area contributed by atoms with Crippen LogP contribution in [0, 0.1) is 0 Å². The third-order valence-corrected chi connectivity index (χ3v) is 6.44. The molecule has 1 amide bonds. The molecule has 2 heterocycles. The molecule has 2 aromatic rings. The second-order valence-corrected chi connectivity index (χ2v) is 8.87. The largest absolute Gasteiger partial charge is 0.370 e. The average Bonchev–Trinajstić information content (AvgIpc) is 2.69. The molecule has 0 spiro atoms. The maximum absolute atomic E-state index is 12.4. The highest BCUT2D eigenvalue weighted by Gasteiger charge is 2.18. The topological polar surface area (TPSA) is 82.6 Å². The summed E-state index contributed by atoms with van der Waals surface area (Å²) in [5.74, 6) is 0.132. The Labute approximate surface area is 160 Å². The lowest BCUT2D eigenvalue weighted by Gasteiger charge is -2.28. The Bertz CT molecular complexity index is 888. The number of benzene rings is 1. The summed E-state index contributed by atoms with van der Waals surface area (Å²) < 4.78 is 25.3. The molecular formula is C19H24N4O3S. The fraction of sp³-hybridized carbons (Fsp3) is 0.368. The van der Waals surface area contributed by atoms with E-state index in [9.17, 15) is 13.2 Å². The highest BCUT2D eigenvalue weighted by molar-refractivity contribution is 7.89. The molecule has 27 heavy (non-hydrogen) atoms. The highest BCUT2D eigenvalue weighted by Crippen LogP contribution is 2.20. The van der Waals surface area contributed by atoms with Gasteiger partial charge in [0.2, 0.25) is 10.0 Å². The lowest BCUT2D eigenvalue weighted by atomic mass is 10.1. The molecule has 1 N–H and O–H groups in total. The van der Waals surface area contributed by atoms with Crippen LogP contribution < -0.4 is 10.2 Å². The molecule has 1 saturated heterocycles. The van der Waals surface area contributed by atoms with Crippen molar-refractivity contribution in [1.29, 1.82) is 0 Å². The summed E-state index contributed by atoms with van der Waals surface area (Å²) in [5, 5.41) is 2.74. The predicted molar refractivity (Wildman–Crippen MR) is 106 cm³/mol. The molecule has 0 aliphatic carbocycles. The number of carbonyl (C=O) groups is 1. The number of carbonyl (C=O) groups excluding carboxylic acids is 1. The smallest absolute Gasteiger partial charge is 0.256 e. The molecule has 1 aliphatic heterocycles. The summed E-state index contributed by atoms with van der Waals surface area (Å²) >= 11 is 0. The van der Waals surface area contributed by atoms with Gasteiger partial charge in [0.05, 0.1) is 16.8 Å². The van der Waals surface area contributed by atoms with Crippen LogP contribution in [0.4, 0.5) is 11.5 Å². The van der Waals surface area contributed by atoms with Crippen molar-refractivity contribution in [1.82, 2.24) is 9.29 Å². The molecule has 3 rings (SSSR count). The number of nitrogens with zero attached hydrogens (tertiary/aromatic N) is 3. The number of sulfonamides is 1. The van der Waals surface area contributed by atoms with Crippen molar-refractivity contribution in [2.24, 2.45) is 0 Å². The first-order valence-corrected chi connectivity index (χ1v) is 10.4. The quantitative estimate of drug-likeness (QED) is 0.851. The van der Waals surface area contributed by atoms with E-state index in [0.717, 1.165) is 23.1 Å². The SMILES string of the molecule is CN(C)S(=O)(=O)c1ccc(C(=O)Nc2ccc(N3CCCCC3)cn2)cc1. The van der Waals surface area contributed by atoms with E-state index in [1.165, 1.54) is 57.6 Å². The fourth-order valence-corrected chi connectivity index (χ4v) is 3.88. The van der Waals surface area contributed by atoms with Crippen molar-refractivity contribution in [3.63, 3.8) is 0 Å². The van der Waals surface area contributed by atoms with E-state index in [1.807, 2.05) is 6.07 Å². The first-order valence-electron chi connectivity index (χ1n) is 8.93. The zero-order valence-corrected chi connectivity index (χ0v) is 16.4. The highest BCUT2D eigenvalue weighted by atomic mass is 32.2. The van der Waals surface area contributed by atoms with Crippen molar-refractivity contribution in [2.75, 3.05) is 37.4 Å². The molecular weight excluding hydrogens is 364 g/mol. The van der Waals surface area contributed by atoms with Crippen molar-refractivity contribution in [2.45, 2.75) is 24.2 Å². The molecule has 1 fully saturated rings. The number of anilines is 2. The third kappa shape index (κ3) is 4.45. The summed E-state index contributed by atoms with van der Waals surface area (Å²) in [5.41, 5.74) is 1.43. The molecule has 1 aromatic heterocycles. The van der Waals surface area contributed by atoms with Gasteiger partial charge in [-0.25, -0.2) is 17.7 Å². The van der Waals surface area contributed by atoms with Crippen LogP contribution in [-0.4, -0.2) is 50.8 Å². The lowest BCUT2D eigenvalue weighted by Crippen LogP contribution is -2.29. The molecule has 1 aliphatic rings. The van der Waals surface area contributed by atoms with E-state index < -0.39 is 10.0 Å². The Morgan fingerprint density at radius 3 is 2.26 bits per heavy atom. The molecule has 0 bridgehead atoms. The van der Waals surface area contributed by atoms with Crippen LogP contribution in [0.25, 0.3) is 0 Å². The number of aromatic nitrogens is 1. The second kappa shape index (κ2) is 8.06. The van der Waals surface area contributed by atoms with Gasteiger partial charge in [0.1, 0.15) is 5.82 Å². The molecule has 0 saturated carbocycles. The number of nitrogens with one attached hydrogen (secondary N) is 1. The van der Waals surface area contributed by atoms with Crippen LogP contribution >= 0.6 is 0 Å². The Morgan fingerprint density at radius 1 is 1.04 bits per heavy atom. The zero-order chi connectivity index (χ0) is 19.4. The van der Waals surface area contributed by atoms with Gasteiger partial charge in [0.25, 0.3) is 5.91 Å². The zero-order valence-electron chi connectivity index (χ0n) is 15.6. The first-order chi connectivity index (χ1) is 12.9. The normalized spacial score (nSPS) is 15.0. The molecule has 144 valence electrons. The van der Waals surface area contributed by atoms with Crippen LogP contribution in [0.1, 0.15) is 29.6 Å². The van der Waals surface area contributed by atoms with Gasteiger partial charge in [-0.15, -0.1) is 0 Å². The Kier molecular flexibility index (Phi) is 5.76. The summed E-state index contributed by atoms with van der Waals surface area (Å²) in [7, 11) is -0.574. The standard InChI is InChI=1S/C19H24N4O3S/c1-22(2)27(25,26)17-9-6-15(7-10-17)19(24)21-18-11-8-16(14-20-18)23-12-4-3-5-13-23/h6-11,14H,3-5,12-13H2,1-2H3,(H,20,21,24). The molecule has 8 heteroatoms. The summed E-state index contributed by atoms with van der Waals surface area (Å²) in [4.78, 5) is 19.1. The van der Waals surface area contributed by atoms with E-state index in [0.29, 0.717) is 11.4 Å². The van der Waals surface area contributed by atoms with E-state index in [1.54, 1.807) is 12.3 Å². The van der Waals surface area contributed by atoms with Crippen molar-refractivity contribution >= 4 is 27.4 Å². The summed E-state index contributed by atoms with van der Waals surface area (Å²) in [6.07, 6.45) is 5.43. The minimum absolute atomic E-state index is 0.146. The predicted octanol–water partition coefficient (Wildman–Crippen LogP) is 2.57. The van der Waals surface area contributed by atoms with Gasteiger partial charge in [0, 0.05) is 32.7 Å². The monoisotopic (exact) mass is 388 g/mol. The minimum atomic E-state index is -3.51. The molecule has 0 atom stereocenters. The molecule has 0 unspecified atom stereocenters. The average molecular weight is 388 g/mol. The second-order valence-electron chi connectivity index (χ2n) is 6.72. The summed E-state index contributed by atoms with van der Waals surface area (Å²) in [6, 6.07) is 9.59. The minimum Gasteiger partial charge on any atom is -0.370 e. The Morgan fingerprint density at radius 2 is 1.70 bits per heavy atom. The molecule has 1 aromatic carbocycles. The molecule has 0 radical (unpaired) electrons. The van der Waals surface area contributed by atoms with Gasteiger partial charge in [-0.2, -0.15) is 0 Å². The van der Waals surface area contributed by atoms with Crippen molar-refractivity contribution in [3.8, 4) is 0 Å². The number of rotatable bonds is 5. The van der Waals surface area contributed by atoms with Gasteiger partial charge in [-0.1, -0.05) is 0 Å². The number of hydrogen-bond donors (Lipinski definition) is 1. The van der Waals surface area contributed by atoms with Crippen LogP contribution in [0.5, 0.6) is 0 Å². The van der Waals surface area contributed by atoms with Crippen LogP contribution in [0.2, 0.25) is 0 Å². The third-order valence-electron chi connectivity index (χ3n) is 4.61. The number of hydrogen-bond acceptors (Lipinski definition) is 5. The lowest BCUT2D eigenvalue weighted by molar-refractivity contribution is 0.102. The van der Waals surface area contributed by atoms with Crippen LogP contribution in [-0.2, 0) is 10.0 Å². The Balaban J connectivity index is 1.66. The van der Waals surface area contributed by atoms with Crippen molar-refractivity contribution < 1.29 is 13.2 Å². The van der Waals surface area contributed by atoms with E-state index >= 15 is 0 Å². The Hall–Kier alpha value is -2.45. The van der Waals surface area contributed by atoms with Gasteiger partial charge < -0.3 is 10.2 Å². The van der Waals surface area contributed by atoms with Gasteiger partial charge >= 0.3 is 0 Å². The molecule has 7 nitrogen and oxygen atoms in total. The first kappa shape index (κ1) is 19.3. The van der Waals surface area contributed by atoms with Crippen LogP contribution in [0.15, 0.2) is 47.5 Å². The fourth-order valence-electron chi connectivity index (χ4n) is 2.98. The summed E-state index contributed by atoms with van der Waals surface area (Å²) in [6.45, 7) is 2.07. The van der Waals surface area contributed by atoms with Gasteiger partial charge in [-0.05, 0) is 55.7 Å². The van der Waals surface area contributed by atoms with E-state index in [4.69, 9.17) is 0 Å². The number of piperidine rings is 1. The van der Waals surface area contributed by atoms with Gasteiger partial charge in [0.15, 0.2) is 0 Å². The van der Waals surface area contributed by atoms with Gasteiger partial charge in [-0.3, -0.25) is 4.79 Å². The number of amides is 1. The van der Waals surface area contributed by atoms with Crippen LogP contribution in [0.3, 0.4) is 0 Å². The van der Waals surface area contributed by atoms with Crippen molar-refractivity contribution in [3.05, 3.63) is 48.2 Å². The van der Waals surface area contributed by atoms with E-state index in [2.05, 4.69) is 15.2 Å². The van der Waals surface area contributed by atoms with E-state index in [-0.39, 0.29) is 10.8 Å².